The Morgan fingerprint density at radius 3 is 1.55 bits per heavy atom. The minimum Gasteiger partial charge on any atom is -0.462 e. The summed E-state index contributed by atoms with van der Waals surface area (Å²) in [7, 11) is 0. The molecule has 6 atom stereocenters. The van der Waals surface area contributed by atoms with Gasteiger partial charge in [-0.3, -0.25) is 9.59 Å². The van der Waals surface area contributed by atoms with Crippen molar-refractivity contribution in [3.8, 4) is 0 Å². The number of carbonyl (C=O) groups is 2. The van der Waals surface area contributed by atoms with Crippen molar-refractivity contribution in [1.82, 2.24) is 0 Å². The number of unbranched alkanes of at least 4 members (excludes halogenated alkanes) is 22. The van der Waals surface area contributed by atoms with E-state index in [1.165, 1.54) is 89.9 Å². The summed E-state index contributed by atoms with van der Waals surface area (Å²) in [5, 5.41) is 40.0. The number of esters is 2. The molecule has 0 bridgehead atoms. The number of ether oxygens (including phenoxy) is 4. The van der Waals surface area contributed by atoms with Crippen LogP contribution in [0.3, 0.4) is 0 Å². The van der Waals surface area contributed by atoms with Gasteiger partial charge in [-0.05, 0) is 50.7 Å². The van der Waals surface area contributed by atoms with Gasteiger partial charge in [-0.25, -0.2) is 0 Å². The summed E-state index contributed by atoms with van der Waals surface area (Å²) in [6.45, 7) is 3.39. The van der Waals surface area contributed by atoms with Crippen molar-refractivity contribution in [2.24, 2.45) is 0 Å². The molecule has 1 heterocycles. The van der Waals surface area contributed by atoms with Crippen molar-refractivity contribution in [2.45, 2.75) is 224 Å². The van der Waals surface area contributed by atoms with Crippen molar-refractivity contribution in [1.29, 1.82) is 0 Å². The molecule has 1 aliphatic rings. The van der Waals surface area contributed by atoms with Gasteiger partial charge in [0.1, 0.15) is 31.0 Å². The van der Waals surface area contributed by atoms with E-state index in [1.807, 2.05) is 0 Å². The maximum absolute atomic E-state index is 12.7. The molecular formula is C43H78O10. The molecule has 1 aliphatic heterocycles. The van der Waals surface area contributed by atoms with Gasteiger partial charge in [0.05, 0.1) is 13.2 Å². The first-order chi connectivity index (χ1) is 25.8. The maximum Gasteiger partial charge on any atom is 0.306 e. The Morgan fingerprint density at radius 1 is 0.604 bits per heavy atom. The quantitative estimate of drug-likeness (QED) is 0.0281. The summed E-state index contributed by atoms with van der Waals surface area (Å²) in [5.41, 5.74) is 3.29. The summed E-state index contributed by atoms with van der Waals surface area (Å²) in [6, 6.07) is 0. The Bertz CT molecular complexity index is 934. The molecule has 0 aliphatic carbocycles. The number of hydrogen-bond acceptors (Lipinski definition) is 10. The maximum atomic E-state index is 12.7. The summed E-state index contributed by atoms with van der Waals surface area (Å²) in [4.78, 5) is 25.2. The zero-order valence-corrected chi connectivity index (χ0v) is 33.6. The van der Waals surface area contributed by atoms with Crippen LogP contribution in [0.25, 0.3) is 0 Å². The van der Waals surface area contributed by atoms with Crippen LogP contribution in [-0.2, 0) is 28.5 Å². The molecule has 0 amide bonds. The zero-order chi connectivity index (χ0) is 38.8. The molecule has 10 nitrogen and oxygen atoms in total. The molecule has 1 fully saturated rings. The molecule has 0 radical (unpaired) electrons. The molecule has 1 rings (SSSR count). The average molecular weight is 755 g/mol. The standard InChI is InChI=1S/C43H78O10/c1-3-5-7-9-11-13-15-17-18-20-21-23-25-27-29-31-38(45)50-34-36(35-51-43-42(49)41(48)40(47)37(33-44)53-43)52-39(46)32-30-28-26-24-22-19-16-14-12-10-8-6-4-2/h15,18,36-37,40-44,47-49H,3-14,16,19-35H2,1-2H3/t17?,36-,37-,40+,41?,42?,43-/m0/s1. The first-order valence-corrected chi connectivity index (χ1v) is 21.5. The molecule has 53 heavy (non-hydrogen) atoms. The average Bonchev–Trinajstić information content (AvgIpc) is 3.15. The lowest BCUT2D eigenvalue weighted by Crippen LogP contribution is -2.59. The van der Waals surface area contributed by atoms with Gasteiger partial charge in [-0.1, -0.05) is 136 Å². The van der Waals surface area contributed by atoms with Gasteiger partial charge in [0.25, 0.3) is 0 Å². The molecule has 0 aromatic rings. The fourth-order valence-electron chi connectivity index (χ4n) is 6.46. The van der Waals surface area contributed by atoms with Crippen molar-refractivity contribution in [2.75, 3.05) is 19.8 Å². The van der Waals surface area contributed by atoms with Gasteiger partial charge in [0, 0.05) is 12.8 Å². The largest absolute Gasteiger partial charge is 0.462 e. The lowest BCUT2D eigenvalue weighted by Gasteiger charge is -2.39. The van der Waals surface area contributed by atoms with E-state index in [0.29, 0.717) is 12.8 Å². The lowest BCUT2D eigenvalue weighted by molar-refractivity contribution is -0.305. The van der Waals surface area contributed by atoms with E-state index in [4.69, 9.17) is 18.9 Å². The van der Waals surface area contributed by atoms with Gasteiger partial charge in [-0.2, -0.15) is 0 Å². The van der Waals surface area contributed by atoms with Crippen molar-refractivity contribution < 1.29 is 49.0 Å². The Hall–Kier alpha value is -1.78. The molecule has 1 saturated heterocycles. The normalized spacial score (nSPS) is 20.5. The summed E-state index contributed by atoms with van der Waals surface area (Å²) in [6.07, 6.45) is 25.6. The van der Waals surface area contributed by atoms with Crippen molar-refractivity contribution in [3.63, 3.8) is 0 Å². The van der Waals surface area contributed by atoms with Crippen LogP contribution in [0.4, 0.5) is 0 Å². The van der Waals surface area contributed by atoms with Crippen molar-refractivity contribution in [3.05, 3.63) is 17.9 Å². The summed E-state index contributed by atoms with van der Waals surface area (Å²) in [5.74, 6) is -0.822. The summed E-state index contributed by atoms with van der Waals surface area (Å²) >= 11 is 0. The van der Waals surface area contributed by atoms with E-state index in [-0.39, 0.29) is 26.1 Å². The van der Waals surface area contributed by atoms with Crippen LogP contribution in [0.5, 0.6) is 0 Å². The van der Waals surface area contributed by atoms with E-state index < -0.39 is 55.4 Å². The second-order valence-corrected chi connectivity index (χ2v) is 14.9. The number of carbonyl (C=O) groups excluding carboxylic acids is 2. The number of aliphatic hydroxyl groups excluding tert-OH is 4. The molecule has 4 N–H and O–H groups in total. The van der Waals surface area contributed by atoms with Crippen molar-refractivity contribution >= 4 is 11.9 Å². The molecule has 310 valence electrons. The Morgan fingerprint density at radius 2 is 1.06 bits per heavy atom. The number of hydrogen-bond donors (Lipinski definition) is 4. The second kappa shape index (κ2) is 34.7. The second-order valence-electron chi connectivity index (χ2n) is 14.9. The van der Waals surface area contributed by atoms with Gasteiger partial charge < -0.3 is 39.4 Å². The third kappa shape index (κ3) is 26.6. The number of aliphatic hydroxyl groups is 4. The molecular weight excluding hydrogens is 676 g/mol. The van der Waals surface area contributed by atoms with E-state index in [9.17, 15) is 30.0 Å². The lowest BCUT2D eigenvalue weighted by atomic mass is 9.99. The monoisotopic (exact) mass is 755 g/mol. The molecule has 10 heteroatoms. The Kier molecular flexibility index (Phi) is 32.2. The topological polar surface area (TPSA) is 152 Å². The molecule has 0 aromatic carbocycles. The first kappa shape index (κ1) is 49.2. The van der Waals surface area contributed by atoms with E-state index >= 15 is 0 Å². The van der Waals surface area contributed by atoms with Crippen LogP contribution >= 0.6 is 0 Å². The van der Waals surface area contributed by atoms with Crippen LogP contribution in [0.2, 0.25) is 0 Å². The van der Waals surface area contributed by atoms with Gasteiger partial charge >= 0.3 is 11.9 Å². The highest BCUT2D eigenvalue weighted by Gasteiger charge is 2.44. The third-order valence-electron chi connectivity index (χ3n) is 9.92. The fraction of sp³-hybridized carbons (Fsp3) is 0.884. The van der Waals surface area contributed by atoms with Crippen LogP contribution in [0, 0.1) is 0 Å². The number of allylic oxidation sites excluding steroid dienone is 1. The minimum atomic E-state index is -1.59. The van der Waals surface area contributed by atoms with Gasteiger partial charge in [0.15, 0.2) is 12.4 Å². The van der Waals surface area contributed by atoms with E-state index in [1.54, 1.807) is 0 Å². The predicted octanol–water partition coefficient (Wildman–Crippen LogP) is 8.54. The van der Waals surface area contributed by atoms with E-state index in [0.717, 1.165) is 57.8 Å². The van der Waals surface area contributed by atoms with Gasteiger partial charge in [-0.15, -0.1) is 5.73 Å². The zero-order valence-electron chi connectivity index (χ0n) is 33.6. The van der Waals surface area contributed by atoms with Crippen LogP contribution in [-0.4, -0.2) is 89.0 Å². The fourth-order valence-corrected chi connectivity index (χ4v) is 6.46. The van der Waals surface area contributed by atoms with Crippen LogP contribution < -0.4 is 0 Å². The molecule has 0 spiro atoms. The van der Waals surface area contributed by atoms with Crippen LogP contribution in [0.15, 0.2) is 17.9 Å². The highest BCUT2D eigenvalue weighted by molar-refractivity contribution is 5.70. The Balaban J connectivity index is 2.37. The molecule has 0 saturated carbocycles. The number of rotatable bonds is 35. The highest BCUT2D eigenvalue weighted by atomic mass is 16.7. The molecule has 2 unspecified atom stereocenters. The SMILES string of the molecule is CCCCCCCC=C=CCCCCCCCC(=O)OC[C@@H](CO[C@H]1O[C@@H](CO)[C@@H](O)C(O)C1O)OC(=O)CCCCCCCCCCCCCCC. The minimum absolute atomic E-state index is 0.223. The third-order valence-corrected chi connectivity index (χ3v) is 9.92. The highest BCUT2D eigenvalue weighted by Crippen LogP contribution is 2.22. The van der Waals surface area contributed by atoms with Gasteiger partial charge in [0.2, 0.25) is 0 Å². The predicted molar refractivity (Wildman–Crippen MR) is 209 cm³/mol. The molecule has 0 aromatic heterocycles. The first-order valence-electron chi connectivity index (χ1n) is 21.5. The summed E-state index contributed by atoms with van der Waals surface area (Å²) < 4.78 is 22.1. The van der Waals surface area contributed by atoms with Crippen LogP contribution in [0.1, 0.15) is 187 Å². The Labute approximate surface area is 322 Å². The van der Waals surface area contributed by atoms with E-state index in [2.05, 4.69) is 31.7 Å². The smallest absolute Gasteiger partial charge is 0.306 e.